The Balaban J connectivity index is 1.71. The molecule has 10 nitrogen and oxygen atoms in total. The Kier molecular flexibility index (Phi) is 9.19. The van der Waals surface area contributed by atoms with Crippen molar-refractivity contribution in [1.29, 1.82) is 0 Å². The molecule has 0 aliphatic rings. The molecule has 3 aromatic heterocycles. The number of methoxy groups -OCH3 is 3. The van der Waals surface area contributed by atoms with Gasteiger partial charge >= 0.3 is 5.97 Å². The van der Waals surface area contributed by atoms with E-state index in [0.717, 1.165) is 56.0 Å². The second-order valence-corrected chi connectivity index (χ2v) is 18.1. The van der Waals surface area contributed by atoms with E-state index in [9.17, 15) is 4.79 Å². The molecule has 2 aromatic carbocycles. The smallest absolute Gasteiger partial charge is 0.337 e. The fourth-order valence-electron chi connectivity index (χ4n) is 5.45. The highest BCUT2D eigenvalue weighted by Gasteiger charge is 2.38. The number of hydrogen-bond donors (Lipinski definition) is 2. The molecular weight excluding hydrogens is 599 g/mol. The van der Waals surface area contributed by atoms with Crippen LogP contribution in [0.3, 0.4) is 0 Å². The van der Waals surface area contributed by atoms with E-state index in [-0.39, 0.29) is 17.0 Å². The molecule has 2 N–H and O–H groups in total. The summed E-state index contributed by atoms with van der Waals surface area (Å²) in [7, 11) is 2.56. The predicted molar refractivity (Wildman–Crippen MR) is 185 cm³/mol. The molecule has 3 heterocycles. The maximum absolute atomic E-state index is 12.3. The van der Waals surface area contributed by atoms with Crippen molar-refractivity contribution >= 4 is 42.0 Å². The van der Waals surface area contributed by atoms with Gasteiger partial charge in [-0.25, -0.2) is 14.8 Å². The molecule has 0 bridgehead atoms. The van der Waals surface area contributed by atoms with Crippen LogP contribution < -0.4 is 14.8 Å². The van der Waals surface area contributed by atoms with Crippen LogP contribution in [0.2, 0.25) is 18.1 Å². The second kappa shape index (κ2) is 12.8. The maximum Gasteiger partial charge on any atom is 0.337 e. The van der Waals surface area contributed by atoms with E-state index in [0.29, 0.717) is 24.5 Å². The quantitative estimate of drug-likeness (QED) is 0.110. The number of nitrogens with one attached hydrogen (secondary N) is 2. The van der Waals surface area contributed by atoms with E-state index in [4.69, 9.17) is 28.6 Å². The molecule has 0 unspecified atom stereocenters. The highest BCUT2D eigenvalue weighted by Crippen LogP contribution is 2.43. The minimum Gasteiger partial charge on any atom is -0.497 e. The molecule has 0 saturated carbocycles. The standard InChI is InChI=1S/C35H45N5O5Si/c1-21(2)40-28(19-45-46(9,10)35(3,4)5)30(27-15-22-11-12-23(34(41)44-8)16-26(22)39-27)31-32(37-20-38-33(31)40)36-18-24-13-14-25(42-6)17-29(24)43-7/h11-17,20-21,39H,18-19H2,1-10H3,(H,36,37,38). The Morgan fingerprint density at radius 2 is 1.78 bits per heavy atom. The first-order valence-corrected chi connectivity index (χ1v) is 18.4. The fourth-order valence-corrected chi connectivity index (χ4v) is 6.38. The highest BCUT2D eigenvalue weighted by atomic mass is 28.4. The van der Waals surface area contributed by atoms with E-state index in [1.165, 1.54) is 7.11 Å². The molecule has 0 spiro atoms. The Morgan fingerprint density at radius 1 is 1.02 bits per heavy atom. The molecule has 244 valence electrons. The lowest BCUT2D eigenvalue weighted by Crippen LogP contribution is -2.40. The Bertz CT molecular complexity index is 1890. The number of aromatic nitrogens is 4. The minimum absolute atomic E-state index is 0.0389. The third-order valence-electron chi connectivity index (χ3n) is 9.03. The summed E-state index contributed by atoms with van der Waals surface area (Å²) in [5, 5.41) is 5.47. The van der Waals surface area contributed by atoms with Crippen molar-refractivity contribution in [3.8, 4) is 22.8 Å². The number of ether oxygens (including phenoxy) is 3. The van der Waals surface area contributed by atoms with Crippen molar-refractivity contribution < 1.29 is 23.4 Å². The third-order valence-corrected chi connectivity index (χ3v) is 13.5. The first-order valence-electron chi connectivity index (χ1n) is 15.5. The third kappa shape index (κ3) is 6.21. The van der Waals surface area contributed by atoms with Crippen LogP contribution in [0.15, 0.2) is 48.8 Å². The number of esters is 1. The fraction of sp³-hybridized carbons (Fsp3) is 0.400. The molecule has 0 aliphatic carbocycles. The van der Waals surface area contributed by atoms with Gasteiger partial charge in [0.15, 0.2) is 8.32 Å². The number of carbonyl (C=O) groups excluding carboxylic acids is 1. The zero-order valence-corrected chi connectivity index (χ0v) is 29.5. The monoisotopic (exact) mass is 643 g/mol. The van der Waals surface area contributed by atoms with Gasteiger partial charge in [0.1, 0.15) is 29.3 Å². The van der Waals surface area contributed by atoms with Gasteiger partial charge in [-0.15, -0.1) is 0 Å². The first-order chi connectivity index (χ1) is 21.8. The zero-order chi connectivity index (χ0) is 33.4. The number of anilines is 1. The van der Waals surface area contributed by atoms with Gasteiger partial charge in [-0.05, 0) is 62.3 Å². The van der Waals surface area contributed by atoms with Crippen molar-refractivity contribution in [3.05, 3.63) is 65.6 Å². The van der Waals surface area contributed by atoms with Gasteiger partial charge in [-0.1, -0.05) is 26.8 Å². The van der Waals surface area contributed by atoms with Crippen LogP contribution in [0.5, 0.6) is 11.5 Å². The zero-order valence-electron chi connectivity index (χ0n) is 28.5. The lowest BCUT2D eigenvalue weighted by atomic mass is 10.1. The lowest BCUT2D eigenvalue weighted by Gasteiger charge is -2.36. The van der Waals surface area contributed by atoms with E-state index < -0.39 is 8.32 Å². The summed E-state index contributed by atoms with van der Waals surface area (Å²) in [6.45, 7) is 16.5. The van der Waals surface area contributed by atoms with Gasteiger partial charge in [-0.3, -0.25) is 0 Å². The van der Waals surface area contributed by atoms with Gasteiger partial charge in [-0.2, -0.15) is 0 Å². The SMILES string of the molecule is COC(=O)c1ccc2cc(-c3c(CO[Si](C)(C)C(C)(C)C)n(C(C)C)c4ncnc(NCc5ccc(OC)cc5OC)c34)[nH]c2c1. The molecule has 0 fully saturated rings. The van der Waals surface area contributed by atoms with Crippen molar-refractivity contribution in [1.82, 2.24) is 19.5 Å². The summed E-state index contributed by atoms with van der Waals surface area (Å²) >= 11 is 0. The summed E-state index contributed by atoms with van der Waals surface area (Å²) in [5.41, 5.74) is 5.94. The molecule has 0 radical (unpaired) electrons. The summed E-state index contributed by atoms with van der Waals surface area (Å²) in [4.78, 5) is 25.5. The normalized spacial score (nSPS) is 12.2. The molecule has 5 rings (SSSR count). The number of aromatic amines is 1. The van der Waals surface area contributed by atoms with Crippen molar-refractivity contribution in [3.63, 3.8) is 0 Å². The lowest BCUT2D eigenvalue weighted by molar-refractivity contribution is 0.0601. The van der Waals surface area contributed by atoms with E-state index >= 15 is 0 Å². The van der Waals surface area contributed by atoms with Gasteiger partial charge in [0, 0.05) is 46.4 Å². The summed E-state index contributed by atoms with van der Waals surface area (Å²) in [6.07, 6.45) is 1.60. The number of benzene rings is 2. The average molecular weight is 644 g/mol. The molecule has 5 aromatic rings. The van der Waals surface area contributed by atoms with E-state index in [2.05, 4.69) is 68.6 Å². The average Bonchev–Trinajstić information content (AvgIpc) is 3.60. The molecule has 0 atom stereocenters. The van der Waals surface area contributed by atoms with Gasteiger partial charge < -0.3 is 33.5 Å². The van der Waals surface area contributed by atoms with Gasteiger partial charge in [0.25, 0.3) is 0 Å². The Morgan fingerprint density at radius 3 is 2.43 bits per heavy atom. The van der Waals surface area contributed by atoms with Crippen molar-refractivity contribution in [2.24, 2.45) is 0 Å². The summed E-state index contributed by atoms with van der Waals surface area (Å²) < 4.78 is 25.2. The van der Waals surface area contributed by atoms with Gasteiger partial charge in [0.05, 0.1) is 44.6 Å². The second-order valence-electron chi connectivity index (χ2n) is 13.3. The Labute approximate surface area is 271 Å². The number of carbonyl (C=O) groups is 1. The van der Waals surface area contributed by atoms with Crippen LogP contribution in [0, 0.1) is 0 Å². The Hall–Kier alpha value is -4.35. The van der Waals surface area contributed by atoms with E-state index in [1.807, 2.05) is 30.3 Å². The first kappa shape index (κ1) is 33.0. The maximum atomic E-state index is 12.3. The van der Waals surface area contributed by atoms with Crippen LogP contribution in [0.1, 0.15) is 62.3 Å². The molecule has 11 heteroatoms. The topological polar surface area (TPSA) is 113 Å². The number of hydrogen-bond acceptors (Lipinski definition) is 8. The van der Waals surface area contributed by atoms with Crippen molar-refractivity contribution in [2.75, 3.05) is 26.6 Å². The van der Waals surface area contributed by atoms with Gasteiger partial charge in [0.2, 0.25) is 0 Å². The predicted octanol–water partition coefficient (Wildman–Crippen LogP) is 8.10. The molecule has 0 amide bonds. The molecule has 0 aliphatic heterocycles. The van der Waals surface area contributed by atoms with E-state index in [1.54, 1.807) is 26.6 Å². The molecule has 0 saturated heterocycles. The minimum atomic E-state index is -2.12. The van der Waals surface area contributed by atoms with Crippen LogP contribution in [-0.4, -0.2) is 55.1 Å². The van der Waals surface area contributed by atoms with Crippen LogP contribution in [0.4, 0.5) is 5.82 Å². The summed E-state index contributed by atoms with van der Waals surface area (Å²) in [6, 6.07) is 13.5. The molecular formula is C35H45N5O5Si. The number of nitrogens with zero attached hydrogens (tertiary/aromatic N) is 3. The summed E-state index contributed by atoms with van der Waals surface area (Å²) in [5.74, 6) is 1.76. The largest absolute Gasteiger partial charge is 0.497 e. The highest BCUT2D eigenvalue weighted by molar-refractivity contribution is 6.74. The van der Waals surface area contributed by atoms with Crippen molar-refractivity contribution in [2.45, 2.75) is 71.9 Å². The molecule has 46 heavy (non-hydrogen) atoms. The number of H-pyrrole nitrogens is 1. The van der Waals surface area contributed by atoms with Crippen LogP contribution in [0.25, 0.3) is 33.2 Å². The number of fused-ring (bicyclic) bond motifs is 2. The number of rotatable bonds is 11. The van der Waals surface area contributed by atoms with Crippen LogP contribution in [-0.2, 0) is 22.3 Å². The van der Waals surface area contributed by atoms with Crippen LogP contribution >= 0.6 is 0 Å².